The fourth-order valence-electron chi connectivity index (χ4n) is 2.54. The van der Waals surface area contributed by atoms with E-state index < -0.39 is 10.9 Å². The summed E-state index contributed by atoms with van der Waals surface area (Å²) in [6.45, 7) is 0.403. The number of hydrogen-bond donors (Lipinski definition) is 2. The number of aliphatic carboxylic acids is 1. The van der Waals surface area contributed by atoms with Crippen LogP contribution in [0, 0.1) is 15.5 Å². The number of carbonyl (C=O) groups is 1. The van der Waals surface area contributed by atoms with E-state index in [1.165, 1.54) is 6.07 Å². The van der Waals surface area contributed by atoms with Gasteiger partial charge in [0.25, 0.3) is 0 Å². The molecular formula is C13H15ClN2O4. The van der Waals surface area contributed by atoms with Crippen LogP contribution >= 0.6 is 11.6 Å². The third-order valence-electron chi connectivity index (χ3n) is 3.76. The first-order chi connectivity index (χ1) is 9.43. The van der Waals surface area contributed by atoms with Gasteiger partial charge < -0.3 is 10.4 Å². The molecule has 0 bridgehead atoms. The van der Waals surface area contributed by atoms with E-state index in [2.05, 4.69) is 5.32 Å². The topological polar surface area (TPSA) is 92.5 Å². The van der Waals surface area contributed by atoms with Crippen LogP contribution in [0.25, 0.3) is 0 Å². The zero-order valence-electron chi connectivity index (χ0n) is 10.8. The Hall–Kier alpha value is -1.82. The van der Waals surface area contributed by atoms with Crippen molar-refractivity contribution in [1.29, 1.82) is 0 Å². The SMILES string of the molecule is O=C(O)CC1(CNc2cccc(Cl)c2[N+](=O)[O-])CCC1. The fourth-order valence-corrected chi connectivity index (χ4v) is 2.78. The summed E-state index contributed by atoms with van der Waals surface area (Å²) in [6, 6.07) is 4.67. The van der Waals surface area contributed by atoms with E-state index in [1.807, 2.05) is 0 Å². The highest BCUT2D eigenvalue weighted by molar-refractivity contribution is 6.33. The van der Waals surface area contributed by atoms with Gasteiger partial charge in [-0.3, -0.25) is 14.9 Å². The Morgan fingerprint density at radius 3 is 2.70 bits per heavy atom. The van der Waals surface area contributed by atoms with Crippen molar-refractivity contribution in [2.24, 2.45) is 5.41 Å². The molecule has 0 amide bonds. The van der Waals surface area contributed by atoms with Gasteiger partial charge in [-0.05, 0) is 30.4 Å². The number of nitro benzene ring substituents is 1. The molecule has 2 rings (SSSR count). The van der Waals surface area contributed by atoms with Gasteiger partial charge in [-0.25, -0.2) is 0 Å². The number of carboxylic acids is 1. The predicted octanol–water partition coefficient (Wildman–Crippen LogP) is 3.31. The van der Waals surface area contributed by atoms with Crippen LogP contribution < -0.4 is 5.32 Å². The molecule has 0 unspecified atom stereocenters. The van der Waals surface area contributed by atoms with E-state index in [0.29, 0.717) is 12.2 Å². The molecule has 0 atom stereocenters. The van der Waals surface area contributed by atoms with Crippen molar-refractivity contribution >= 4 is 28.9 Å². The van der Waals surface area contributed by atoms with Crippen molar-refractivity contribution in [3.8, 4) is 0 Å². The molecule has 1 aliphatic rings. The van der Waals surface area contributed by atoms with E-state index in [1.54, 1.807) is 12.1 Å². The van der Waals surface area contributed by atoms with Crippen molar-refractivity contribution in [3.05, 3.63) is 33.3 Å². The maximum atomic E-state index is 11.0. The van der Waals surface area contributed by atoms with Crippen molar-refractivity contribution < 1.29 is 14.8 Å². The highest BCUT2D eigenvalue weighted by Crippen LogP contribution is 2.44. The van der Waals surface area contributed by atoms with Crippen molar-refractivity contribution in [2.45, 2.75) is 25.7 Å². The molecule has 0 aromatic heterocycles. The van der Waals surface area contributed by atoms with Crippen LogP contribution in [0.2, 0.25) is 5.02 Å². The van der Waals surface area contributed by atoms with Crippen LogP contribution in [0.3, 0.4) is 0 Å². The average molecular weight is 299 g/mol. The number of nitrogens with zero attached hydrogens (tertiary/aromatic N) is 1. The molecule has 1 fully saturated rings. The van der Waals surface area contributed by atoms with Gasteiger partial charge in [0, 0.05) is 6.54 Å². The van der Waals surface area contributed by atoms with Crippen LogP contribution in [0.5, 0.6) is 0 Å². The summed E-state index contributed by atoms with van der Waals surface area (Å²) >= 11 is 5.83. The van der Waals surface area contributed by atoms with Crippen molar-refractivity contribution in [2.75, 3.05) is 11.9 Å². The molecule has 20 heavy (non-hydrogen) atoms. The van der Waals surface area contributed by atoms with Gasteiger partial charge in [-0.15, -0.1) is 0 Å². The minimum Gasteiger partial charge on any atom is -0.481 e. The lowest BCUT2D eigenvalue weighted by Gasteiger charge is -2.41. The van der Waals surface area contributed by atoms with Gasteiger partial charge in [0.2, 0.25) is 0 Å². The minimum absolute atomic E-state index is 0.0703. The number of anilines is 1. The van der Waals surface area contributed by atoms with Crippen LogP contribution in [0.15, 0.2) is 18.2 Å². The van der Waals surface area contributed by atoms with E-state index in [0.717, 1.165) is 19.3 Å². The Kier molecular flexibility index (Phi) is 4.13. The smallest absolute Gasteiger partial charge is 0.310 e. The van der Waals surface area contributed by atoms with E-state index in [-0.39, 0.29) is 22.5 Å². The Morgan fingerprint density at radius 2 is 2.20 bits per heavy atom. The lowest BCUT2D eigenvalue weighted by Crippen LogP contribution is -2.38. The lowest BCUT2D eigenvalue weighted by molar-refractivity contribution is -0.383. The summed E-state index contributed by atoms with van der Waals surface area (Å²) in [6.07, 6.45) is 2.71. The van der Waals surface area contributed by atoms with Crippen LogP contribution in [0.1, 0.15) is 25.7 Å². The minimum atomic E-state index is -0.841. The molecule has 2 N–H and O–H groups in total. The number of halogens is 1. The summed E-state index contributed by atoms with van der Waals surface area (Å²) in [7, 11) is 0. The molecule has 1 aromatic rings. The highest BCUT2D eigenvalue weighted by atomic mass is 35.5. The van der Waals surface area contributed by atoms with Gasteiger partial charge in [-0.2, -0.15) is 0 Å². The molecule has 108 valence electrons. The van der Waals surface area contributed by atoms with Crippen LogP contribution in [0.4, 0.5) is 11.4 Å². The molecule has 7 heteroatoms. The van der Waals surface area contributed by atoms with E-state index in [9.17, 15) is 14.9 Å². The number of para-hydroxylation sites is 1. The maximum absolute atomic E-state index is 11.0. The number of nitro groups is 1. The zero-order valence-corrected chi connectivity index (χ0v) is 11.5. The van der Waals surface area contributed by atoms with Crippen LogP contribution in [-0.4, -0.2) is 22.5 Å². The summed E-state index contributed by atoms with van der Waals surface area (Å²) in [5.74, 6) is -0.841. The second kappa shape index (κ2) is 5.66. The molecular weight excluding hydrogens is 284 g/mol. The number of benzene rings is 1. The number of hydrogen-bond acceptors (Lipinski definition) is 4. The monoisotopic (exact) mass is 298 g/mol. The molecule has 0 radical (unpaired) electrons. The molecule has 0 aliphatic heterocycles. The number of nitrogens with one attached hydrogen (secondary N) is 1. The molecule has 1 aromatic carbocycles. The first-order valence-corrected chi connectivity index (χ1v) is 6.70. The first-order valence-electron chi connectivity index (χ1n) is 6.32. The standard InChI is InChI=1S/C13H15ClN2O4/c14-9-3-1-4-10(12(9)16(19)20)15-8-13(5-2-6-13)7-11(17)18/h1,3-4,15H,2,5-8H2,(H,17,18). The van der Waals surface area contributed by atoms with E-state index >= 15 is 0 Å². The zero-order chi connectivity index (χ0) is 14.8. The summed E-state index contributed by atoms with van der Waals surface area (Å²) in [5.41, 5.74) is -0.139. The van der Waals surface area contributed by atoms with Gasteiger partial charge in [-0.1, -0.05) is 24.1 Å². The quantitative estimate of drug-likeness (QED) is 0.621. The number of rotatable bonds is 6. The van der Waals surface area contributed by atoms with Crippen molar-refractivity contribution in [1.82, 2.24) is 0 Å². The average Bonchev–Trinajstić information content (AvgIpc) is 2.31. The molecule has 0 spiro atoms. The van der Waals surface area contributed by atoms with Gasteiger partial charge in [0.15, 0.2) is 0 Å². The summed E-state index contributed by atoms with van der Waals surface area (Å²) in [4.78, 5) is 21.4. The van der Waals surface area contributed by atoms with Gasteiger partial charge in [0.1, 0.15) is 10.7 Å². The molecule has 6 nitrogen and oxygen atoms in total. The first kappa shape index (κ1) is 14.6. The Labute approximate surface area is 120 Å². The Bertz CT molecular complexity index is 543. The Morgan fingerprint density at radius 1 is 1.50 bits per heavy atom. The maximum Gasteiger partial charge on any atom is 0.310 e. The Balaban J connectivity index is 2.13. The largest absolute Gasteiger partial charge is 0.481 e. The van der Waals surface area contributed by atoms with Gasteiger partial charge in [0.05, 0.1) is 11.3 Å². The predicted molar refractivity (Wildman–Crippen MR) is 75.1 cm³/mol. The molecule has 1 saturated carbocycles. The molecule has 0 saturated heterocycles. The second-order valence-corrected chi connectivity index (χ2v) is 5.58. The summed E-state index contributed by atoms with van der Waals surface area (Å²) < 4.78 is 0. The third-order valence-corrected chi connectivity index (χ3v) is 4.07. The number of carboxylic acid groups (broad SMARTS) is 1. The van der Waals surface area contributed by atoms with E-state index in [4.69, 9.17) is 16.7 Å². The second-order valence-electron chi connectivity index (χ2n) is 5.17. The van der Waals surface area contributed by atoms with Crippen molar-refractivity contribution in [3.63, 3.8) is 0 Å². The normalized spacial score (nSPS) is 16.2. The van der Waals surface area contributed by atoms with Gasteiger partial charge >= 0.3 is 11.7 Å². The van der Waals surface area contributed by atoms with Crippen LogP contribution in [-0.2, 0) is 4.79 Å². The fraction of sp³-hybridized carbons (Fsp3) is 0.462. The lowest BCUT2D eigenvalue weighted by atomic mass is 9.66. The summed E-state index contributed by atoms with van der Waals surface area (Å²) in [5, 5.41) is 23.0. The highest BCUT2D eigenvalue weighted by Gasteiger charge is 2.39. The molecule has 1 aliphatic carbocycles. The third kappa shape index (κ3) is 3.01. The molecule has 0 heterocycles.